The molecule has 1 fully saturated rings. The van der Waals surface area contributed by atoms with E-state index in [1.165, 1.54) is 0 Å². The number of ether oxygens (including phenoxy) is 1. The second kappa shape index (κ2) is 6.52. The number of hydrogen-bond acceptors (Lipinski definition) is 5. The van der Waals surface area contributed by atoms with E-state index in [-0.39, 0.29) is 0 Å². The maximum atomic E-state index is 5.44. The molecule has 1 aromatic carbocycles. The van der Waals surface area contributed by atoms with Gasteiger partial charge in [0.1, 0.15) is 0 Å². The van der Waals surface area contributed by atoms with Gasteiger partial charge in [0.05, 0.1) is 18.8 Å². The van der Waals surface area contributed by atoms with Gasteiger partial charge in [-0.3, -0.25) is 4.90 Å². The van der Waals surface area contributed by atoms with Crippen LogP contribution in [-0.4, -0.2) is 52.9 Å². The van der Waals surface area contributed by atoms with E-state index in [0.717, 1.165) is 68.0 Å². The van der Waals surface area contributed by atoms with Gasteiger partial charge in [-0.1, -0.05) is 23.4 Å². The first kappa shape index (κ1) is 14.4. The Kier molecular flexibility index (Phi) is 4.08. The fourth-order valence-electron chi connectivity index (χ4n) is 3.00. The Morgan fingerprint density at radius 2 is 2.04 bits per heavy atom. The first-order chi connectivity index (χ1) is 11.4. The van der Waals surface area contributed by atoms with Crippen LogP contribution in [-0.2, 0) is 11.2 Å². The number of aryl methyl sites for hydroxylation is 1. The molecule has 2 aromatic heterocycles. The lowest BCUT2D eigenvalue weighted by atomic mass is 10.2. The molecular weight excluding hydrogens is 292 g/mol. The molecule has 6 heteroatoms. The van der Waals surface area contributed by atoms with Crippen LogP contribution in [0.25, 0.3) is 22.4 Å². The third-order valence-corrected chi connectivity index (χ3v) is 4.27. The molecule has 1 saturated heterocycles. The molecule has 4 rings (SSSR count). The van der Waals surface area contributed by atoms with E-state index in [1.807, 2.05) is 24.4 Å². The number of para-hydroxylation sites is 1. The largest absolute Gasteiger partial charge is 0.379 e. The Labute approximate surface area is 134 Å². The molecule has 1 aliphatic heterocycles. The number of nitrogens with one attached hydrogen (secondary N) is 1. The van der Waals surface area contributed by atoms with Gasteiger partial charge in [-0.25, -0.2) is 0 Å². The highest BCUT2D eigenvalue weighted by Gasteiger charge is 2.14. The van der Waals surface area contributed by atoms with Gasteiger partial charge >= 0.3 is 0 Å². The van der Waals surface area contributed by atoms with Gasteiger partial charge in [0.15, 0.2) is 5.82 Å². The topological polar surface area (TPSA) is 67.2 Å². The number of morpholine rings is 1. The fraction of sp³-hybridized carbons (Fsp3) is 0.412. The highest BCUT2D eigenvalue weighted by atomic mass is 16.5. The Bertz CT molecular complexity index is 774. The minimum Gasteiger partial charge on any atom is -0.379 e. The maximum Gasteiger partial charge on any atom is 0.260 e. The summed E-state index contributed by atoms with van der Waals surface area (Å²) in [5, 5.41) is 5.23. The molecule has 1 aliphatic rings. The van der Waals surface area contributed by atoms with Crippen molar-refractivity contribution in [1.82, 2.24) is 20.0 Å². The molecule has 6 nitrogen and oxygen atoms in total. The first-order valence-electron chi connectivity index (χ1n) is 8.09. The molecular formula is C17H20N4O2. The lowest BCUT2D eigenvalue weighted by Gasteiger charge is -2.26. The fourth-order valence-corrected chi connectivity index (χ4v) is 3.00. The highest BCUT2D eigenvalue weighted by Crippen LogP contribution is 2.27. The summed E-state index contributed by atoms with van der Waals surface area (Å²) in [7, 11) is 0. The standard InChI is InChI=1S/C17H20N4O2/c1-2-5-15-13(4-1)14(12-18-15)17-19-16(20-23-17)6-3-7-21-8-10-22-11-9-21/h1-2,4-5,12,18H,3,6-11H2. The average molecular weight is 312 g/mol. The normalized spacial score (nSPS) is 16.2. The summed E-state index contributed by atoms with van der Waals surface area (Å²) in [6.07, 6.45) is 3.80. The molecule has 1 N–H and O–H groups in total. The molecule has 3 aromatic rings. The average Bonchev–Trinajstić information content (AvgIpc) is 3.22. The Morgan fingerprint density at radius 1 is 1.17 bits per heavy atom. The van der Waals surface area contributed by atoms with Gasteiger partial charge in [-0.2, -0.15) is 4.98 Å². The Hall–Kier alpha value is -2.18. The van der Waals surface area contributed by atoms with E-state index >= 15 is 0 Å². The van der Waals surface area contributed by atoms with Gasteiger partial charge in [-0.15, -0.1) is 0 Å². The number of benzene rings is 1. The second-order valence-electron chi connectivity index (χ2n) is 5.82. The van der Waals surface area contributed by atoms with Crippen LogP contribution in [0.1, 0.15) is 12.2 Å². The summed E-state index contributed by atoms with van der Waals surface area (Å²) >= 11 is 0. The van der Waals surface area contributed by atoms with Crippen LogP contribution in [0, 0.1) is 0 Å². The van der Waals surface area contributed by atoms with Crippen molar-refractivity contribution in [2.24, 2.45) is 0 Å². The summed E-state index contributed by atoms with van der Waals surface area (Å²) in [5.74, 6) is 1.36. The van der Waals surface area contributed by atoms with Gasteiger partial charge in [0.2, 0.25) is 0 Å². The Morgan fingerprint density at radius 3 is 2.96 bits per heavy atom. The minimum atomic E-state index is 0.587. The van der Waals surface area contributed by atoms with E-state index in [2.05, 4.69) is 26.1 Å². The maximum absolute atomic E-state index is 5.44. The smallest absolute Gasteiger partial charge is 0.260 e. The Balaban J connectivity index is 1.40. The molecule has 0 atom stereocenters. The monoisotopic (exact) mass is 312 g/mol. The zero-order valence-electron chi connectivity index (χ0n) is 13.0. The van der Waals surface area contributed by atoms with E-state index in [4.69, 9.17) is 9.26 Å². The van der Waals surface area contributed by atoms with Crippen LogP contribution in [0.5, 0.6) is 0 Å². The van der Waals surface area contributed by atoms with E-state index < -0.39 is 0 Å². The first-order valence-corrected chi connectivity index (χ1v) is 8.09. The number of nitrogens with zero attached hydrogens (tertiary/aromatic N) is 3. The molecule has 3 heterocycles. The lowest BCUT2D eigenvalue weighted by molar-refractivity contribution is 0.0374. The summed E-state index contributed by atoms with van der Waals surface area (Å²) < 4.78 is 10.8. The number of H-pyrrole nitrogens is 1. The van der Waals surface area contributed by atoms with Gasteiger partial charge in [0.25, 0.3) is 5.89 Å². The zero-order chi connectivity index (χ0) is 15.5. The molecule has 0 spiro atoms. The van der Waals surface area contributed by atoms with Crippen molar-refractivity contribution in [3.05, 3.63) is 36.3 Å². The van der Waals surface area contributed by atoms with Crippen LogP contribution >= 0.6 is 0 Å². The highest BCUT2D eigenvalue weighted by molar-refractivity contribution is 5.93. The van der Waals surface area contributed by atoms with Crippen molar-refractivity contribution in [1.29, 1.82) is 0 Å². The van der Waals surface area contributed by atoms with E-state index in [0.29, 0.717) is 5.89 Å². The summed E-state index contributed by atoms with van der Waals surface area (Å²) in [4.78, 5) is 10.2. The summed E-state index contributed by atoms with van der Waals surface area (Å²) in [6, 6.07) is 8.12. The number of fused-ring (bicyclic) bond motifs is 1. The number of hydrogen-bond donors (Lipinski definition) is 1. The van der Waals surface area contributed by atoms with Crippen LogP contribution in [0.4, 0.5) is 0 Å². The quantitative estimate of drug-likeness (QED) is 0.784. The van der Waals surface area contributed by atoms with Crippen molar-refractivity contribution < 1.29 is 9.26 Å². The summed E-state index contributed by atoms with van der Waals surface area (Å²) in [5.41, 5.74) is 2.04. The number of aromatic nitrogens is 3. The lowest BCUT2D eigenvalue weighted by Crippen LogP contribution is -2.36. The van der Waals surface area contributed by atoms with Crippen molar-refractivity contribution in [2.75, 3.05) is 32.8 Å². The SMILES string of the molecule is c1ccc2c(-c3nc(CCCN4CCOCC4)no3)c[nH]c2c1. The zero-order valence-corrected chi connectivity index (χ0v) is 13.0. The molecule has 0 amide bonds. The van der Waals surface area contributed by atoms with Crippen molar-refractivity contribution in [2.45, 2.75) is 12.8 Å². The summed E-state index contributed by atoms with van der Waals surface area (Å²) in [6.45, 7) is 4.78. The van der Waals surface area contributed by atoms with Crippen LogP contribution in [0.15, 0.2) is 35.0 Å². The third-order valence-electron chi connectivity index (χ3n) is 4.27. The van der Waals surface area contributed by atoms with Crippen LogP contribution < -0.4 is 0 Å². The van der Waals surface area contributed by atoms with Crippen molar-refractivity contribution >= 4 is 10.9 Å². The molecule has 120 valence electrons. The van der Waals surface area contributed by atoms with Crippen LogP contribution in [0.3, 0.4) is 0 Å². The molecule has 0 unspecified atom stereocenters. The predicted molar refractivity (Wildman–Crippen MR) is 87.2 cm³/mol. The molecule has 0 bridgehead atoms. The van der Waals surface area contributed by atoms with Crippen molar-refractivity contribution in [3.8, 4) is 11.5 Å². The predicted octanol–water partition coefficient (Wildman–Crippen LogP) is 2.48. The van der Waals surface area contributed by atoms with E-state index in [1.54, 1.807) is 0 Å². The van der Waals surface area contributed by atoms with Gasteiger partial charge in [0, 0.05) is 36.6 Å². The second-order valence-corrected chi connectivity index (χ2v) is 5.82. The molecule has 0 saturated carbocycles. The molecule has 23 heavy (non-hydrogen) atoms. The minimum absolute atomic E-state index is 0.587. The van der Waals surface area contributed by atoms with E-state index in [9.17, 15) is 0 Å². The molecule has 0 aliphatic carbocycles. The third kappa shape index (κ3) is 3.13. The van der Waals surface area contributed by atoms with Gasteiger partial charge < -0.3 is 14.2 Å². The van der Waals surface area contributed by atoms with Crippen LogP contribution in [0.2, 0.25) is 0 Å². The van der Waals surface area contributed by atoms with Gasteiger partial charge in [-0.05, 0) is 19.0 Å². The molecule has 0 radical (unpaired) electrons. The van der Waals surface area contributed by atoms with Crippen molar-refractivity contribution in [3.63, 3.8) is 0 Å². The number of aromatic amines is 1. The number of rotatable bonds is 5.